The van der Waals surface area contributed by atoms with Crippen LogP contribution in [0.3, 0.4) is 0 Å². The number of aromatic amines is 1. The van der Waals surface area contributed by atoms with Crippen LogP contribution in [0.1, 0.15) is 6.92 Å². The SMILES string of the molecule is COc1ccc(NC(=O)[C@@H](C)Sc2nc3ccccc3[nH]2)cc1. The number of hydrogen-bond donors (Lipinski definition) is 2. The molecule has 0 fully saturated rings. The van der Waals surface area contributed by atoms with E-state index in [9.17, 15) is 4.79 Å². The van der Waals surface area contributed by atoms with Gasteiger partial charge in [0.05, 0.1) is 23.4 Å². The monoisotopic (exact) mass is 327 g/mol. The smallest absolute Gasteiger partial charge is 0.237 e. The van der Waals surface area contributed by atoms with Gasteiger partial charge in [0.1, 0.15) is 5.75 Å². The zero-order chi connectivity index (χ0) is 16.2. The molecule has 118 valence electrons. The van der Waals surface area contributed by atoms with Crippen LogP contribution in [0.2, 0.25) is 0 Å². The molecule has 1 aromatic heterocycles. The number of rotatable bonds is 5. The second kappa shape index (κ2) is 6.75. The summed E-state index contributed by atoms with van der Waals surface area (Å²) < 4.78 is 5.10. The fraction of sp³-hybridized carbons (Fsp3) is 0.176. The van der Waals surface area contributed by atoms with Crippen LogP contribution in [-0.4, -0.2) is 28.2 Å². The number of aromatic nitrogens is 2. The normalized spacial score (nSPS) is 12.1. The quantitative estimate of drug-likeness (QED) is 0.701. The first-order chi connectivity index (χ1) is 11.2. The van der Waals surface area contributed by atoms with Crippen molar-refractivity contribution in [3.63, 3.8) is 0 Å². The Morgan fingerprint density at radius 1 is 1.22 bits per heavy atom. The Hall–Kier alpha value is -2.47. The average molecular weight is 327 g/mol. The van der Waals surface area contributed by atoms with E-state index in [1.165, 1.54) is 11.8 Å². The Morgan fingerprint density at radius 3 is 2.65 bits per heavy atom. The lowest BCUT2D eigenvalue weighted by Gasteiger charge is -2.11. The van der Waals surface area contributed by atoms with Crippen molar-refractivity contribution in [2.24, 2.45) is 0 Å². The van der Waals surface area contributed by atoms with Crippen LogP contribution in [0.4, 0.5) is 5.69 Å². The Balaban J connectivity index is 1.64. The van der Waals surface area contributed by atoms with Gasteiger partial charge in [-0.2, -0.15) is 0 Å². The molecule has 0 unspecified atom stereocenters. The van der Waals surface area contributed by atoms with Gasteiger partial charge < -0.3 is 15.0 Å². The van der Waals surface area contributed by atoms with E-state index in [-0.39, 0.29) is 11.2 Å². The number of amides is 1. The number of nitrogens with zero attached hydrogens (tertiary/aromatic N) is 1. The molecule has 1 heterocycles. The largest absolute Gasteiger partial charge is 0.497 e. The predicted octanol–water partition coefficient (Wildman–Crippen LogP) is 3.69. The molecule has 3 rings (SSSR count). The number of carbonyl (C=O) groups excluding carboxylic acids is 1. The molecule has 5 nitrogen and oxygen atoms in total. The highest BCUT2D eigenvalue weighted by molar-refractivity contribution is 8.00. The van der Waals surface area contributed by atoms with Crippen LogP contribution in [0.15, 0.2) is 53.7 Å². The maximum atomic E-state index is 12.3. The van der Waals surface area contributed by atoms with Crippen molar-refractivity contribution in [1.82, 2.24) is 9.97 Å². The molecule has 0 aliphatic carbocycles. The minimum atomic E-state index is -0.266. The van der Waals surface area contributed by atoms with Crippen molar-refractivity contribution >= 4 is 34.4 Å². The van der Waals surface area contributed by atoms with Crippen molar-refractivity contribution in [3.8, 4) is 5.75 Å². The van der Waals surface area contributed by atoms with Gasteiger partial charge in [0.15, 0.2) is 5.16 Å². The highest BCUT2D eigenvalue weighted by Crippen LogP contribution is 2.24. The van der Waals surface area contributed by atoms with Gasteiger partial charge in [-0.3, -0.25) is 4.79 Å². The number of imidazole rings is 1. The van der Waals surface area contributed by atoms with E-state index in [1.807, 2.05) is 55.5 Å². The molecule has 2 aromatic carbocycles. The van der Waals surface area contributed by atoms with Gasteiger partial charge in [-0.15, -0.1) is 0 Å². The third kappa shape index (κ3) is 3.65. The number of benzene rings is 2. The van der Waals surface area contributed by atoms with Gasteiger partial charge in [0, 0.05) is 5.69 Å². The van der Waals surface area contributed by atoms with Crippen LogP contribution < -0.4 is 10.1 Å². The number of para-hydroxylation sites is 2. The van der Waals surface area contributed by atoms with Crippen LogP contribution in [-0.2, 0) is 4.79 Å². The second-order valence-corrected chi connectivity index (χ2v) is 6.37. The molecular formula is C17H17N3O2S. The van der Waals surface area contributed by atoms with Crippen LogP contribution >= 0.6 is 11.8 Å². The molecule has 3 aromatic rings. The van der Waals surface area contributed by atoms with Crippen LogP contribution in [0, 0.1) is 0 Å². The molecule has 6 heteroatoms. The fourth-order valence-corrected chi connectivity index (χ4v) is 2.95. The van der Waals surface area contributed by atoms with Gasteiger partial charge >= 0.3 is 0 Å². The first-order valence-electron chi connectivity index (χ1n) is 7.22. The number of methoxy groups -OCH3 is 1. The summed E-state index contributed by atoms with van der Waals surface area (Å²) in [6.45, 7) is 1.86. The molecule has 0 saturated carbocycles. The number of fused-ring (bicyclic) bond motifs is 1. The van der Waals surface area contributed by atoms with Crippen molar-refractivity contribution in [1.29, 1.82) is 0 Å². The Bertz CT molecular complexity index is 781. The van der Waals surface area contributed by atoms with Crippen LogP contribution in [0.5, 0.6) is 5.75 Å². The number of anilines is 1. The highest BCUT2D eigenvalue weighted by atomic mass is 32.2. The average Bonchev–Trinajstić information content (AvgIpc) is 2.97. The summed E-state index contributed by atoms with van der Waals surface area (Å²) >= 11 is 1.40. The summed E-state index contributed by atoms with van der Waals surface area (Å²) in [5.74, 6) is 0.688. The lowest BCUT2D eigenvalue weighted by Crippen LogP contribution is -2.22. The number of carbonyl (C=O) groups is 1. The Morgan fingerprint density at radius 2 is 1.96 bits per heavy atom. The molecule has 0 saturated heterocycles. The summed E-state index contributed by atoms with van der Waals surface area (Å²) in [5.41, 5.74) is 2.61. The second-order valence-electron chi connectivity index (χ2n) is 5.04. The fourth-order valence-electron chi connectivity index (χ4n) is 2.12. The lowest BCUT2D eigenvalue weighted by atomic mass is 10.3. The molecule has 23 heavy (non-hydrogen) atoms. The number of hydrogen-bond acceptors (Lipinski definition) is 4. The first-order valence-corrected chi connectivity index (χ1v) is 8.10. The van der Waals surface area contributed by atoms with Crippen LogP contribution in [0.25, 0.3) is 11.0 Å². The van der Waals surface area contributed by atoms with Gasteiger partial charge in [-0.1, -0.05) is 23.9 Å². The summed E-state index contributed by atoms with van der Waals surface area (Å²) in [4.78, 5) is 20.0. The lowest BCUT2D eigenvalue weighted by molar-refractivity contribution is -0.115. The molecule has 0 aliphatic rings. The molecule has 0 spiro atoms. The predicted molar refractivity (Wildman–Crippen MR) is 93.0 cm³/mol. The molecular weight excluding hydrogens is 310 g/mol. The summed E-state index contributed by atoms with van der Waals surface area (Å²) in [5, 5.41) is 3.36. The first kappa shape index (κ1) is 15.4. The molecule has 0 bridgehead atoms. The number of thioether (sulfide) groups is 1. The maximum Gasteiger partial charge on any atom is 0.237 e. The summed E-state index contributed by atoms with van der Waals surface area (Å²) in [6, 6.07) is 15.1. The summed E-state index contributed by atoms with van der Waals surface area (Å²) in [6.07, 6.45) is 0. The summed E-state index contributed by atoms with van der Waals surface area (Å²) in [7, 11) is 1.61. The van der Waals surface area contributed by atoms with Crippen molar-refractivity contribution < 1.29 is 9.53 Å². The van der Waals surface area contributed by atoms with Crippen molar-refractivity contribution in [2.45, 2.75) is 17.3 Å². The van der Waals surface area contributed by atoms with Gasteiger partial charge in [-0.25, -0.2) is 4.98 Å². The standard InChI is InChI=1S/C17H17N3O2S/c1-11(16(21)18-12-7-9-13(22-2)10-8-12)23-17-19-14-5-3-4-6-15(14)20-17/h3-11H,1-2H3,(H,18,21)(H,19,20)/t11-/m1/s1. The topological polar surface area (TPSA) is 67.0 Å². The zero-order valence-electron chi connectivity index (χ0n) is 12.9. The third-order valence-corrected chi connectivity index (χ3v) is 4.37. The van der Waals surface area contributed by atoms with E-state index >= 15 is 0 Å². The molecule has 0 aliphatic heterocycles. The van der Waals surface area contributed by atoms with Crippen molar-refractivity contribution in [3.05, 3.63) is 48.5 Å². The Labute approximate surface area is 138 Å². The van der Waals surface area contributed by atoms with E-state index in [0.717, 1.165) is 27.6 Å². The van der Waals surface area contributed by atoms with Crippen molar-refractivity contribution in [2.75, 3.05) is 12.4 Å². The van der Waals surface area contributed by atoms with Gasteiger partial charge in [-0.05, 0) is 43.3 Å². The van der Waals surface area contributed by atoms with E-state index in [0.29, 0.717) is 0 Å². The molecule has 0 radical (unpaired) electrons. The molecule has 1 amide bonds. The number of ether oxygens (including phenoxy) is 1. The minimum Gasteiger partial charge on any atom is -0.497 e. The van der Waals surface area contributed by atoms with E-state index in [4.69, 9.17) is 4.74 Å². The third-order valence-electron chi connectivity index (χ3n) is 3.38. The zero-order valence-corrected chi connectivity index (χ0v) is 13.7. The number of H-pyrrole nitrogens is 1. The van der Waals surface area contributed by atoms with E-state index in [1.54, 1.807) is 7.11 Å². The minimum absolute atomic E-state index is 0.0689. The number of nitrogens with one attached hydrogen (secondary N) is 2. The maximum absolute atomic E-state index is 12.3. The van der Waals surface area contributed by atoms with E-state index in [2.05, 4.69) is 15.3 Å². The Kier molecular flexibility index (Phi) is 4.52. The van der Waals surface area contributed by atoms with Gasteiger partial charge in [0.25, 0.3) is 0 Å². The molecule has 2 N–H and O–H groups in total. The van der Waals surface area contributed by atoms with E-state index < -0.39 is 0 Å². The van der Waals surface area contributed by atoms with Gasteiger partial charge in [0.2, 0.25) is 5.91 Å². The highest BCUT2D eigenvalue weighted by Gasteiger charge is 2.16. The molecule has 1 atom stereocenters.